The summed E-state index contributed by atoms with van der Waals surface area (Å²) in [5.74, 6) is 0.417. The van der Waals surface area contributed by atoms with Gasteiger partial charge in [0.05, 0.1) is 5.56 Å². The molecule has 27 heavy (non-hydrogen) atoms. The number of benzene rings is 1. The van der Waals surface area contributed by atoms with Crippen molar-refractivity contribution >= 4 is 5.91 Å². The minimum atomic E-state index is -0.408. The van der Waals surface area contributed by atoms with Crippen LogP contribution in [0.4, 0.5) is 4.39 Å². The smallest absolute Gasteiger partial charge is 0.279 e. The Morgan fingerprint density at radius 3 is 2.89 bits per heavy atom. The topological polar surface area (TPSA) is 77.1 Å². The first-order chi connectivity index (χ1) is 13.1. The molecule has 0 bridgehead atoms. The minimum absolute atomic E-state index is 0.183. The van der Waals surface area contributed by atoms with Crippen molar-refractivity contribution in [3.8, 4) is 23.0 Å². The van der Waals surface area contributed by atoms with Crippen LogP contribution in [0.15, 0.2) is 28.8 Å². The van der Waals surface area contributed by atoms with E-state index >= 15 is 0 Å². The zero-order chi connectivity index (χ0) is 18.5. The monoisotopic (exact) mass is 367 g/mol. The van der Waals surface area contributed by atoms with Crippen LogP contribution < -0.4 is 0 Å². The Kier molecular flexibility index (Phi) is 3.60. The van der Waals surface area contributed by atoms with Gasteiger partial charge in [-0.1, -0.05) is 17.3 Å². The van der Waals surface area contributed by atoms with Gasteiger partial charge in [0.25, 0.3) is 5.89 Å². The summed E-state index contributed by atoms with van der Waals surface area (Å²) in [5, 5.41) is 8.45. The third-order valence-corrected chi connectivity index (χ3v) is 5.22. The van der Waals surface area contributed by atoms with Gasteiger partial charge in [0.1, 0.15) is 5.82 Å². The summed E-state index contributed by atoms with van der Waals surface area (Å²) in [6.07, 6.45) is 2.71. The third-order valence-electron chi connectivity index (χ3n) is 5.22. The molecular weight excluding hydrogens is 349 g/mol. The quantitative estimate of drug-likeness (QED) is 0.711. The third kappa shape index (κ3) is 2.72. The molecule has 1 aliphatic heterocycles. The number of hydrogen-bond donors (Lipinski definition) is 0. The van der Waals surface area contributed by atoms with E-state index in [-0.39, 0.29) is 29.1 Å². The van der Waals surface area contributed by atoms with Crippen LogP contribution in [0.1, 0.15) is 24.1 Å². The van der Waals surface area contributed by atoms with Crippen LogP contribution in [0.3, 0.4) is 0 Å². The van der Waals surface area contributed by atoms with Crippen LogP contribution in [-0.4, -0.2) is 37.3 Å². The fourth-order valence-electron chi connectivity index (χ4n) is 3.61. The molecule has 1 fully saturated rings. The first-order valence-electron chi connectivity index (χ1n) is 9.04. The Balaban J connectivity index is 1.50. The lowest BCUT2D eigenvalue weighted by Gasteiger charge is -2.27. The summed E-state index contributed by atoms with van der Waals surface area (Å²) in [7, 11) is 1.87. The van der Waals surface area contributed by atoms with Crippen molar-refractivity contribution in [3.05, 3.63) is 41.3 Å². The van der Waals surface area contributed by atoms with Gasteiger partial charge in [0.2, 0.25) is 11.7 Å². The highest BCUT2D eigenvalue weighted by molar-refractivity contribution is 5.81. The van der Waals surface area contributed by atoms with Crippen molar-refractivity contribution in [2.75, 3.05) is 6.54 Å². The van der Waals surface area contributed by atoms with Crippen molar-refractivity contribution in [1.82, 2.24) is 24.8 Å². The molecule has 8 heteroatoms. The van der Waals surface area contributed by atoms with Gasteiger partial charge in [-0.2, -0.15) is 10.1 Å². The molecule has 2 aliphatic rings. The van der Waals surface area contributed by atoms with Gasteiger partial charge in [-0.15, -0.1) is 0 Å². The maximum Gasteiger partial charge on any atom is 0.279 e. The van der Waals surface area contributed by atoms with Crippen LogP contribution in [0, 0.1) is 11.7 Å². The molecular formula is C19H18FN5O2. The molecule has 0 radical (unpaired) electrons. The highest BCUT2D eigenvalue weighted by Gasteiger charge is 2.36. The number of aryl methyl sites for hydroxylation is 1. The van der Waals surface area contributed by atoms with Gasteiger partial charge >= 0.3 is 0 Å². The van der Waals surface area contributed by atoms with Crippen molar-refractivity contribution < 1.29 is 13.7 Å². The maximum absolute atomic E-state index is 14.0. The molecule has 138 valence electrons. The van der Waals surface area contributed by atoms with E-state index in [1.807, 2.05) is 11.9 Å². The van der Waals surface area contributed by atoms with Gasteiger partial charge in [0, 0.05) is 43.7 Å². The molecule has 1 aliphatic carbocycles. The molecule has 1 amide bonds. The average Bonchev–Trinajstić information content (AvgIpc) is 3.33. The number of rotatable bonds is 3. The van der Waals surface area contributed by atoms with E-state index in [0.717, 1.165) is 30.5 Å². The summed E-state index contributed by atoms with van der Waals surface area (Å²) in [6.45, 7) is 1.19. The molecule has 3 heterocycles. The summed E-state index contributed by atoms with van der Waals surface area (Å²) in [6, 6.07) is 6.29. The van der Waals surface area contributed by atoms with Crippen LogP contribution >= 0.6 is 0 Å². The SMILES string of the molecule is Cn1nc(-c2nc(-c3ccccc3F)no2)c2c1CCN(C(=O)C1CC1)C2. The molecule has 1 saturated carbocycles. The standard InChI is InChI=1S/C19H18FN5O2/c1-24-15-8-9-25(19(26)11-6-7-11)10-13(15)16(22-24)18-21-17(23-27-18)12-4-2-3-5-14(12)20/h2-5,11H,6-10H2,1H3. The summed E-state index contributed by atoms with van der Waals surface area (Å²) in [4.78, 5) is 18.7. The van der Waals surface area contributed by atoms with E-state index < -0.39 is 5.82 Å². The average molecular weight is 367 g/mol. The number of carbonyl (C=O) groups excluding carboxylic acids is 1. The van der Waals surface area contributed by atoms with Crippen LogP contribution in [-0.2, 0) is 24.8 Å². The summed E-state index contributed by atoms with van der Waals surface area (Å²) >= 11 is 0. The maximum atomic E-state index is 14.0. The highest BCUT2D eigenvalue weighted by Crippen LogP contribution is 2.35. The van der Waals surface area contributed by atoms with E-state index in [9.17, 15) is 9.18 Å². The second kappa shape index (κ2) is 6.00. The lowest BCUT2D eigenvalue weighted by Crippen LogP contribution is -2.37. The van der Waals surface area contributed by atoms with Crippen molar-refractivity contribution in [1.29, 1.82) is 0 Å². The lowest BCUT2D eigenvalue weighted by molar-refractivity contribution is -0.133. The van der Waals surface area contributed by atoms with E-state index in [1.165, 1.54) is 6.07 Å². The summed E-state index contributed by atoms with van der Waals surface area (Å²) in [5.41, 5.74) is 2.84. The number of fused-ring (bicyclic) bond motifs is 1. The minimum Gasteiger partial charge on any atom is -0.338 e. The lowest BCUT2D eigenvalue weighted by atomic mass is 10.0. The molecule has 0 N–H and O–H groups in total. The Morgan fingerprint density at radius 1 is 1.30 bits per heavy atom. The van der Waals surface area contributed by atoms with Gasteiger partial charge in [0.15, 0.2) is 5.69 Å². The molecule has 0 spiro atoms. The Hall–Kier alpha value is -3.03. The fourth-order valence-corrected chi connectivity index (χ4v) is 3.61. The van der Waals surface area contributed by atoms with E-state index in [4.69, 9.17) is 4.52 Å². The second-order valence-corrected chi connectivity index (χ2v) is 7.08. The summed E-state index contributed by atoms with van der Waals surface area (Å²) < 4.78 is 21.2. The number of carbonyl (C=O) groups is 1. The number of hydrogen-bond acceptors (Lipinski definition) is 5. The zero-order valence-electron chi connectivity index (χ0n) is 14.9. The Bertz CT molecular complexity index is 1040. The number of halogens is 1. The van der Waals surface area contributed by atoms with Crippen molar-refractivity contribution in [2.24, 2.45) is 13.0 Å². The largest absolute Gasteiger partial charge is 0.338 e. The first kappa shape index (κ1) is 16.2. The van der Waals surface area contributed by atoms with Gasteiger partial charge in [-0.25, -0.2) is 4.39 Å². The highest BCUT2D eigenvalue weighted by atomic mass is 19.1. The van der Waals surface area contributed by atoms with Gasteiger partial charge in [-0.3, -0.25) is 9.48 Å². The first-order valence-corrected chi connectivity index (χ1v) is 9.04. The predicted octanol–water partition coefficient (Wildman–Crippen LogP) is 2.57. The zero-order valence-corrected chi connectivity index (χ0v) is 14.9. The van der Waals surface area contributed by atoms with Gasteiger partial charge in [-0.05, 0) is 25.0 Å². The van der Waals surface area contributed by atoms with Gasteiger partial charge < -0.3 is 9.42 Å². The molecule has 1 aromatic carbocycles. The molecule has 3 aromatic rings. The Labute approximate surface area is 154 Å². The number of amides is 1. The molecule has 0 atom stereocenters. The predicted molar refractivity (Wildman–Crippen MR) is 93.7 cm³/mol. The number of nitrogens with zero attached hydrogens (tertiary/aromatic N) is 5. The molecule has 7 nitrogen and oxygen atoms in total. The molecule has 5 rings (SSSR count). The number of aromatic nitrogens is 4. The van der Waals surface area contributed by atoms with Crippen LogP contribution in [0.2, 0.25) is 0 Å². The van der Waals surface area contributed by atoms with E-state index in [0.29, 0.717) is 18.8 Å². The molecule has 2 aromatic heterocycles. The fraction of sp³-hybridized carbons (Fsp3) is 0.368. The van der Waals surface area contributed by atoms with Crippen LogP contribution in [0.25, 0.3) is 23.0 Å². The second-order valence-electron chi connectivity index (χ2n) is 7.08. The molecule has 0 saturated heterocycles. The molecule has 0 unspecified atom stereocenters. The van der Waals surface area contributed by atoms with E-state index in [1.54, 1.807) is 22.9 Å². The van der Waals surface area contributed by atoms with E-state index in [2.05, 4.69) is 15.2 Å². The Morgan fingerprint density at radius 2 is 2.11 bits per heavy atom. The van der Waals surface area contributed by atoms with Crippen molar-refractivity contribution in [3.63, 3.8) is 0 Å². The van der Waals surface area contributed by atoms with Crippen molar-refractivity contribution in [2.45, 2.75) is 25.8 Å². The van der Waals surface area contributed by atoms with Crippen LogP contribution in [0.5, 0.6) is 0 Å². The normalized spacial score (nSPS) is 16.4.